The van der Waals surface area contributed by atoms with Crippen LogP contribution < -0.4 is 4.72 Å². The molecule has 5 heteroatoms. The van der Waals surface area contributed by atoms with E-state index in [0.717, 1.165) is 24.8 Å². The zero-order chi connectivity index (χ0) is 14.6. The van der Waals surface area contributed by atoms with Crippen LogP contribution in [0.15, 0.2) is 23.1 Å². The molecule has 20 heavy (non-hydrogen) atoms. The molecule has 1 aliphatic rings. The molecule has 2 rings (SSSR count). The number of fused-ring (bicyclic) bond motifs is 1. The van der Waals surface area contributed by atoms with Crippen molar-refractivity contribution in [1.29, 1.82) is 0 Å². The molecule has 4 nitrogen and oxygen atoms in total. The summed E-state index contributed by atoms with van der Waals surface area (Å²) < 4.78 is 27.4. The molecular weight excluding hydrogens is 274 g/mol. The van der Waals surface area contributed by atoms with Crippen molar-refractivity contribution in [3.8, 4) is 0 Å². The highest BCUT2D eigenvalue weighted by Gasteiger charge is 2.20. The Morgan fingerprint density at radius 2 is 1.95 bits per heavy atom. The Kier molecular flexibility index (Phi) is 5.18. The highest BCUT2D eigenvalue weighted by molar-refractivity contribution is 7.89. The van der Waals surface area contributed by atoms with Gasteiger partial charge in [-0.1, -0.05) is 13.0 Å². The number of rotatable bonds is 6. The minimum Gasteiger partial charge on any atom is -0.396 e. The number of sulfonamides is 1. The van der Waals surface area contributed by atoms with E-state index < -0.39 is 10.0 Å². The Labute approximate surface area is 121 Å². The van der Waals surface area contributed by atoms with Crippen molar-refractivity contribution >= 4 is 10.0 Å². The van der Waals surface area contributed by atoms with Crippen LogP contribution >= 0.6 is 0 Å². The first-order chi connectivity index (χ1) is 9.56. The van der Waals surface area contributed by atoms with Crippen molar-refractivity contribution in [3.05, 3.63) is 29.3 Å². The maximum absolute atomic E-state index is 12.4. The third-order valence-corrected chi connectivity index (χ3v) is 5.44. The van der Waals surface area contributed by atoms with Crippen LogP contribution in [-0.2, 0) is 22.9 Å². The number of hydrogen-bond acceptors (Lipinski definition) is 3. The molecule has 1 aromatic carbocycles. The van der Waals surface area contributed by atoms with Gasteiger partial charge in [-0.25, -0.2) is 13.1 Å². The van der Waals surface area contributed by atoms with Gasteiger partial charge in [-0.2, -0.15) is 0 Å². The maximum atomic E-state index is 12.4. The number of aliphatic hydroxyl groups is 1. The molecule has 0 aromatic heterocycles. The summed E-state index contributed by atoms with van der Waals surface area (Å²) in [6.45, 7) is 1.90. The number of hydrogen-bond donors (Lipinski definition) is 2. The first-order valence-electron chi connectivity index (χ1n) is 7.32. The van der Waals surface area contributed by atoms with Gasteiger partial charge in [0.05, 0.1) is 4.90 Å². The monoisotopic (exact) mass is 297 g/mol. The lowest BCUT2D eigenvalue weighted by Crippen LogP contribution is -2.35. The molecule has 0 spiro atoms. The average molecular weight is 297 g/mol. The van der Waals surface area contributed by atoms with Crippen LogP contribution in [0.25, 0.3) is 0 Å². The smallest absolute Gasteiger partial charge is 0.240 e. The zero-order valence-electron chi connectivity index (χ0n) is 11.9. The number of nitrogens with one attached hydrogen (secondary N) is 1. The van der Waals surface area contributed by atoms with Gasteiger partial charge in [0.15, 0.2) is 0 Å². The van der Waals surface area contributed by atoms with E-state index in [1.165, 1.54) is 12.0 Å². The molecule has 0 heterocycles. The number of aryl methyl sites for hydroxylation is 2. The quantitative estimate of drug-likeness (QED) is 0.844. The SMILES string of the molecule is CCC(CCO)NS(=O)(=O)c1ccc2c(c1)CCCC2. The molecule has 0 saturated carbocycles. The van der Waals surface area contributed by atoms with Crippen LogP contribution in [0, 0.1) is 0 Å². The van der Waals surface area contributed by atoms with Crippen LogP contribution in [0.4, 0.5) is 0 Å². The van der Waals surface area contributed by atoms with Gasteiger partial charge in [-0.3, -0.25) is 0 Å². The summed E-state index contributed by atoms with van der Waals surface area (Å²) in [7, 11) is -3.49. The van der Waals surface area contributed by atoms with Gasteiger partial charge >= 0.3 is 0 Å². The fourth-order valence-electron chi connectivity index (χ4n) is 2.67. The van der Waals surface area contributed by atoms with Crippen molar-refractivity contribution in [3.63, 3.8) is 0 Å². The normalized spacial score (nSPS) is 16.7. The van der Waals surface area contributed by atoms with E-state index >= 15 is 0 Å². The minimum atomic E-state index is -3.49. The maximum Gasteiger partial charge on any atom is 0.240 e. The Balaban J connectivity index is 2.20. The van der Waals surface area contributed by atoms with Gasteiger partial charge < -0.3 is 5.11 Å². The van der Waals surface area contributed by atoms with E-state index in [1.807, 2.05) is 19.1 Å². The molecule has 0 saturated heterocycles. The molecule has 0 aliphatic heterocycles. The van der Waals surface area contributed by atoms with Crippen molar-refractivity contribution in [2.24, 2.45) is 0 Å². The number of benzene rings is 1. The van der Waals surface area contributed by atoms with Crippen LogP contribution in [0.1, 0.15) is 43.7 Å². The summed E-state index contributed by atoms with van der Waals surface area (Å²) in [5, 5.41) is 8.96. The molecule has 2 N–H and O–H groups in total. The Morgan fingerprint density at radius 3 is 2.60 bits per heavy atom. The van der Waals surface area contributed by atoms with E-state index in [-0.39, 0.29) is 12.6 Å². The molecule has 1 atom stereocenters. The van der Waals surface area contributed by atoms with Gasteiger partial charge in [0, 0.05) is 12.6 Å². The zero-order valence-corrected chi connectivity index (χ0v) is 12.7. The molecule has 1 aromatic rings. The average Bonchev–Trinajstić information content (AvgIpc) is 2.46. The summed E-state index contributed by atoms with van der Waals surface area (Å²) in [6, 6.07) is 5.23. The fourth-order valence-corrected chi connectivity index (χ4v) is 4.07. The Morgan fingerprint density at radius 1 is 1.25 bits per heavy atom. The lowest BCUT2D eigenvalue weighted by Gasteiger charge is -2.19. The van der Waals surface area contributed by atoms with E-state index in [4.69, 9.17) is 5.11 Å². The second-order valence-corrected chi connectivity index (χ2v) is 7.09. The topological polar surface area (TPSA) is 66.4 Å². The van der Waals surface area contributed by atoms with Crippen molar-refractivity contribution < 1.29 is 13.5 Å². The van der Waals surface area contributed by atoms with Gasteiger partial charge in [-0.15, -0.1) is 0 Å². The summed E-state index contributed by atoms with van der Waals surface area (Å²) in [4.78, 5) is 0.342. The van der Waals surface area contributed by atoms with Crippen molar-refractivity contribution in [2.45, 2.75) is 56.4 Å². The van der Waals surface area contributed by atoms with E-state index in [1.54, 1.807) is 6.07 Å². The molecule has 0 amide bonds. The van der Waals surface area contributed by atoms with Crippen LogP contribution in [-0.4, -0.2) is 26.2 Å². The van der Waals surface area contributed by atoms with Gasteiger partial charge in [0.25, 0.3) is 0 Å². The summed E-state index contributed by atoms with van der Waals surface area (Å²) in [5.41, 5.74) is 2.44. The summed E-state index contributed by atoms with van der Waals surface area (Å²) in [6.07, 6.45) is 5.45. The van der Waals surface area contributed by atoms with Crippen molar-refractivity contribution in [1.82, 2.24) is 4.72 Å². The predicted molar refractivity (Wildman–Crippen MR) is 79.2 cm³/mol. The lowest BCUT2D eigenvalue weighted by atomic mass is 9.92. The second kappa shape index (κ2) is 6.70. The minimum absolute atomic E-state index is 0.00872. The fraction of sp³-hybridized carbons (Fsp3) is 0.600. The third kappa shape index (κ3) is 3.59. The third-order valence-electron chi connectivity index (χ3n) is 3.92. The standard InChI is InChI=1S/C15H23NO3S/c1-2-14(9-10-17)16-20(18,19)15-8-7-12-5-3-4-6-13(12)11-15/h7-8,11,14,16-17H,2-6,9-10H2,1H3. The van der Waals surface area contributed by atoms with Crippen LogP contribution in [0.5, 0.6) is 0 Å². The molecule has 1 aliphatic carbocycles. The summed E-state index contributed by atoms with van der Waals surface area (Å²) in [5.74, 6) is 0. The first kappa shape index (κ1) is 15.5. The summed E-state index contributed by atoms with van der Waals surface area (Å²) >= 11 is 0. The van der Waals surface area contributed by atoms with Crippen molar-refractivity contribution in [2.75, 3.05) is 6.61 Å². The first-order valence-corrected chi connectivity index (χ1v) is 8.80. The largest absolute Gasteiger partial charge is 0.396 e. The van der Waals surface area contributed by atoms with E-state index in [9.17, 15) is 8.42 Å². The van der Waals surface area contributed by atoms with Gasteiger partial charge in [0.1, 0.15) is 0 Å². The molecule has 112 valence electrons. The molecule has 1 unspecified atom stereocenters. The highest BCUT2D eigenvalue weighted by atomic mass is 32.2. The Bertz CT molecular complexity index is 554. The lowest BCUT2D eigenvalue weighted by molar-refractivity contribution is 0.270. The van der Waals surface area contributed by atoms with Crippen LogP contribution in [0.2, 0.25) is 0 Å². The molecule has 0 radical (unpaired) electrons. The second-order valence-electron chi connectivity index (χ2n) is 5.38. The Hall–Kier alpha value is -0.910. The van der Waals surface area contributed by atoms with Crippen LogP contribution in [0.3, 0.4) is 0 Å². The molecule has 0 bridgehead atoms. The van der Waals surface area contributed by atoms with E-state index in [0.29, 0.717) is 17.7 Å². The van der Waals surface area contributed by atoms with Gasteiger partial charge in [-0.05, 0) is 61.8 Å². The van der Waals surface area contributed by atoms with Gasteiger partial charge in [0.2, 0.25) is 10.0 Å². The van der Waals surface area contributed by atoms with E-state index in [2.05, 4.69) is 4.72 Å². The number of aliphatic hydroxyl groups excluding tert-OH is 1. The molecule has 0 fully saturated rings. The molecular formula is C15H23NO3S. The predicted octanol–water partition coefficient (Wildman–Crippen LogP) is 2.00. The highest BCUT2D eigenvalue weighted by Crippen LogP contribution is 2.24.